The summed E-state index contributed by atoms with van der Waals surface area (Å²) in [6.07, 6.45) is 5.79. The van der Waals surface area contributed by atoms with Crippen molar-refractivity contribution in [3.63, 3.8) is 0 Å². The molecule has 1 aliphatic heterocycles. The molecule has 1 aromatic rings. The number of hydrogen-bond acceptors (Lipinski definition) is 7. The predicted octanol–water partition coefficient (Wildman–Crippen LogP) is 4.18. The molecule has 0 unspecified atom stereocenters. The second kappa shape index (κ2) is 14.3. The van der Waals surface area contributed by atoms with Crippen molar-refractivity contribution < 1.29 is 28.9 Å². The molecule has 8 nitrogen and oxygen atoms in total. The van der Waals surface area contributed by atoms with E-state index in [0.29, 0.717) is 50.4 Å². The van der Waals surface area contributed by atoms with Gasteiger partial charge in [-0.2, -0.15) is 0 Å². The molecule has 1 aliphatic rings. The maximum Gasteiger partial charge on any atom is 0.329 e. The van der Waals surface area contributed by atoms with Gasteiger partial charge < -0.3 is 24.6 Å². The number of unbranched alkanes of at least 4 members (excludes halogenated alkanes) is 2. The van der Waals surface area contributed by atoms with Gasteiger partial charge in [0.2, 0.25) is 0 Å². The van der Waals surface area contributed by atoms with Crippen LogP contribution in [0.1, 0.15) is 89.2 Å². The van der Waals surface area contributed by atoms with Crippen molar-refractivity contribution in [3.05, 3.63) is 23.5 Å². The zero-order valence-corrected chi connectivity index (χ0v) is 21.3. The number of aromatic hydroxyl groups is 1. The monoisotopic (exact) mass is 478 g/mol. The number of aryl methyl sites for hydroxylation is 1. The van der Waals surface area contributed by atoms with Crippen LogP contribution in [-0.4, -0.2) is 59.5 Å². The van der Waals surface area contributed by atoms with Crippen LogP contribution in [0.2, 0.25) is 0 Å². The molecule has 2 N–H and O–H groups in total. The molecule has 0 radical (unpaired) electrons. The Balaban J connectivity index is 2.14. The van der Waals surface area contributed by atoms with Crippen LogP contribution in [0.4, 0.5) is 0 Å². The minimum atomic E-state index is -0.842. The Morgan fingerprint density at radius 3 is 2.71 bits per heavy atom. The summed E-state index contributed by atoms with van der Waals surface area (Å²) >= 11 is 0. The zero-order valence-electron chi connectivity index (χ0n) is 21.3. The van der Waals surface area contributed by atoms with Crippen LogP contribution in [-0.2, 0) is 25.4 Å². The molecule has 0 spiro atoms. The second-order valence-corrected chi connectivity index (χ2v) is 9.43. The Morgan fingerprint density at radius 1 is 1.26 bits per heavy atom. The van der Waals surface area contributed by atoms with E-state index in [1.807, 2.05) is 13.8 Å². The Bertz CT molecular complexity index is 785. The second-order valence-electron chi connectivity index (χ2n) is 9.43. The molecule has 0 bridgehead atoms. The van der Waals surface area contributed by atoms with E-state index in [0.717, 1.165) is 19.3 Å². The van der Waals surface area contributed by atoms with E-state index in [4.69, 9.17) is 14.2 Å². The standard InChI is InChI=1S/C26H42N2O6/c1-6-8-9-15-32-24-18(5)34-26(31)20(11-10-12-21(24)33-16-17(3)4)28-25(30)22-23(29)19(7-2)13-14-27-22/h13-14,17-18,20-21,24,29H,6-12,15-16H2,1-5H3,(H,28,30)/t18-,20-,21-,24-/m0/s1. The highest BCUT2D eigenvalue weighted by atomic mass is 16.6. The summed E-state index contributed by atoms with van der Waals surface area (Å²) in [5, 5.41) is 13.1. The predicted molar refractivity (Wildman–Crippen MR) is 130 cm³/mol. The van der Waals surface area contributed by atoms with Crippen LogP contribution in [0, 0.1) is 5.92 Å². The normalized spacial score (nSPS) is 23.6. The first kappa shape index (κ1) is 28.1. The van der Waals surface area contributed by atoms with Gasteiger partial charge in [0.25, 0.3) is 5.91 Å². The lowest BCUT2D eigenvalue weighted by molar-refractivity contribution is -0.168. The fraction of sp³-hybridized carbons (Fsp3) is 0.731. The number of cyclic esters (lactones) is 1. The van der Waals surface area contributed by atoms with Crippen LogP contribution in [0.3, 0.4) is 0 Å². The maximum atomic E-state index is 13.0. The highest BCUT2D eigenvalue weighted by Crippen LogP contribution is 2.24. The average molecular weight is 479 g/mol. The number of nitrogens with zero attached hydrogens (tertiary/aromatic N) is 1. The van der Waals surface area contributed by atoms with Gasteiger partial charge in [-0.25, -0.2) is 9.78 Å². The number of pyridine rings is 1. The van der Waals surface area contributed by atoms with E-state index < -0.39 is 24.0 Å². The minimum absolute atomic E-state index is 0.0876. The van der Waals surface area contributed by atoms with Crippen LogP contribution in [0.25, 0.3) is 0 Å². The third-order valence-corrected chi connectivity index (χ3v) is 6.01. The number of rotatable bonds is 11. The lowest BCUT2D eigenvalue weighted by Crippen LogP contribution is -2.46. The van der Waals surface area contributed by atoms with Crippen LogP contribution in [0.5, 0.6) is 5.75 Å². The number of hydrogen-bond donors (Lipinski definition) is 2. The maximum absolute atomic E-state index is 13.0. The number of nitrogens with one attached hydrogen (secondary N) is 1. The molecule has 4 atom stereocenters. The van der Waals surface area contributed by atoms with Crippen LogP contribution < -0.4 is 5.32 Å². The van der Waals surface area contributed by atoms with Crippen molar-refractivity contribution in [2.75, 3.05) is 13.2 Å². The van der Waals surface area contributed by atoms with E-state index in [9.17, 15) is 14.7 Å². The van der Waals surface area contributed by atoms with Gasteiger partial charge in [0, 0.05) is 19.4 Å². The Morgan fingerprint density at radius 2 is 2.03 bits per heavy atom. The van der Waals surface area contributed by atoms with Gasteiger partial charge in [-0.3, -0.25) is 4.79 Å². The first-order valence-corrected chi connectivity index (χ1v) is 12.7. The van der Waals surface area contributed by atoms with Crippen molar-refractivity contribution in [1.29, 1.82) is 0 Å². The van der Waals surface area contributed by atoms with E-state index in [-0.39, 0.29) is 23.7 Å². The van der Waals surface area contributed by atoms with Crippen molar-refractivity contribution >= 4 is 11.9 Å². The summed E-state index contributed by atoms with van der Waals surface area (Å²) in [6.45, 7) is 11.2. The molecule has 192 valence electrons. The topological polar surface area (TPSA) is 107 Å². The number of amides is 1. The van der Waals surface area contributed by atoms with Gasteiger partial charge in [-0.05, 0) is 56.6 Å². The summed E-state index contributed by atoms with van der Waals surface area (Å²) in [7, 11) is 0. The lowest BCUT2D eigenvalue weighted by atomic mass is 10.0. The van der Waals surface area contributed by atoms with E-state index >= 15 is 0 Å². The fourth-order valence-corrected chi connectivity index (χ4v) is 4.05. The average Bonchev–Trinajstić information content (AvgIpc) is 2.85. The van der Waals surface area contributed by atoms with Crippen LogP contribution >= 0.6 is 0 Å². The van der Waals surface area contributed by atoms with Crippen molar-refractivity contribution in [1.82, 2.24) is 10.3 Å². The molecule has 0 aliphatic carbocycles. The smallest absolute Gasteiger partial charge is 0.329 e. The van der Waals surface area contributed by atoms with Gasteiger partial charge in [-0.15, -0.1) is 0 Å². The van der Waals surface area contributed by atoms with E-state index in [2.05, 4.69) is 31.1 Å². The van der Waals surface area contributed by atoms with Gasteiger partial charge in [-0.1, -0.05) is 40.5 Å². The Labute approximate surface area is 203 Å². The van der Waals surface area contributed by atoms with Gasteiger partial charge in [0.05, 0.1) is 6.10 Å². The molecule has 0 aromatic carbocycles. The number of esters is 1. The summed E-state index contributed by atoms with van der Waals surface area (Å²) in [4.78, 5) is 29.8. The summed E-state index contributed by atoms with van der Waals surface area (Å²) in [6, 6.07) is 0.825. The quantitative estimate of drug-likeness (QED) is 0.363. The number of carbonyl (C=O) groups excluding carboxylic acids is 2. The van der Waals surface area contributed by atoms with E-state index in [1.165, 1.54) is 6.20 Å². The molecule has 34 heavy (non-hydrogen) atoms. The third kappa shape index (κ3) is 8.24. The molecule has 1 amide bonds. The molecule has 2 heterocycles. The first-order chi connectivity index (χ1) is 16.3. The molecule has 1 fully saturated rings. The lowest BCUT2D eigenvalue weighted by Gasteiger charge is -2.31. The van der Waals surface area contributed by atoms with Gasteiger partial charge >= 0.3 is 5.97 Å². The third-order valence-electron chi connectivity index (χ3n) is 6.01. The molecular formula is C26H42N2O6. The fourth-order valence-electron chi connectivity index (χ4n) is 4.05. The van der Waals surface area contributed by atoms with Crippen molar-refractivity contribution in [2.24, 2.45) is 5.92 Å². The molecule has 2 rings (SSSR count). The molecule has 0 saturated carbocycles. The largest absolute Gasteiger partial charge is 0.505 e. The molecule has 1 aromatic heterocycles. The zero-order chi connectivity index (χ0) is 25.1. The number of aromatic nitrogens is 1. The number of ether oxygens (including phenoxy) is 3. The number of carbonyl (C=O) groups is 2. The Kier molecular flexibility index (Phi) is 11.8. The SMILES string of the molecule is CCCCCO[C@H]1[C@H](C)OC(=O)[C@@H](NC(=O)c2nccc(CC)c2O)CCC[C@@H]1OCC(C)C. The summed E-state index contributed by atoms with van der Waals surface area (Å²) < 4.78 is 18.1. The molecule has 8 heteroatoms. The summed E-state index contributed by atoms with van der Waals surface area (Å²) in [5.41, 5.74) is 0.536. The summed E-state index contributed by atoms with van der Waals surface area (Å²) in [5.74, 6) is -0.896. The minimum Gasteiger partial charge on any atom is -0.505 e. The van der Waals surface area contributed by atoms with E-state index in [1.54, 1.807) is 6.07 Å². The van der Waals surface area contributed by atoms with Crippen molar-refractivity contribution in [3.8, 4) is 5.75 Å². The highest BCUT2D eigenvalue weighted by molar-refractivity contribution is 5.97. The molecule has 1 saturated heterocycles. The highest BCUT2D eigenvalue weighted by Gasteiger charge is 2.36. The molecular weight excluding hydrogens is 436 g/mol. The van der Waals surface area contributed by atoms with Gasteiger partial charge in [0.15, 0.2) is 5.69 Å². The van der Waals surface area contributed by atoms with Crippen molar-refractivity contribution in [2.45, 2.75) is 104 Å². The van der Waals surface area contributed by atoms with Gasteiger partial charge in [0.1, 0.15) is 24.0 Å². The van der Waals surface area contributed by atoms with Crippen LogP contribution in [0.15, 0.2) is 12.3 Å². The Hall–Kier alpha value is -2.19. The first-order valence-electron chi connectivity index (χ1n) is 12.7.